The first-order valence-corrected chi connectivity index (χ1v) is 4.38. The largest absolute Gasteiger partial charge is 0.306 e. The van der Waals surface area contributed by atoms with Crippen LogP contribution in [0.4, 0.5) is 8.78 Å². The van der Waals surface area contributed by atoms with E-state index in [1.54, 1.807) is 0 Å². The second-order valence-electron chi connectivity index (χ2n) is 2.71. The zero-order valence-electron chi connectivity index (χ0n) is 7.90. The highest BCUT2D eigenvalue weighted by molar-refractivity contribution is 5.35. The third-order valence-corrected chi connectivity index (χ3v) is 1.62. The summed E-state index contributed by atoms with van der Waals surface area (Å²) in [5.74, 6) is 4.16. The molecule has 14 heavy (non-hydrogen) atoms. The quantitative estimate of drug-likeness (QED) is 0.561. The fraction of sp³-hybridized carbons (Fsp3) is 0.273. The number of rotatable bonds is 2. The highest BCUT2D eigenvalue weighted by atomic mass is 19.1. The molecule has 0 aromatic heterocycles. The summed E-state index contributed by atoms with van der Waals surface area (Å²) >= 11 is 0. The second-order valence-corrected chi connectivity index (χ2v) is 2.71. The van der Waals surface area contributed by atoms with Gasteiger partial charge < -0.3 is 5.32 Å². The highest BCUT2D eigenvalue weighted by Crippen LogP contribution is 2.07. The van der Waals surface area contributed by atoms with Crippen molar-refractivity contribution in [1.29, 1.82) is 0 Å². The predicted octanol–water partition coefficient (Wildman–Crippen LogP) is 1.93. The standard InChI is InChI=1S/C11H11F2N/c1-2-14-7-3-4-9-5-6-10(12)8-11(9)13/h5-6,8,14H,2,7H2,1H3. The van der Waals surface area contributed by atoms with Crippen LogP contribution in [0.1, 0.15) is 12.5 Å². The third-order valence-electron chi connectivity index (χ3n) is 1.62. The van der Waals surface area contributed by atoms with Crippen molar-refractivity contribution in [3.05, 3.63) is 35.4 Å². The molecule has 0 amide bonds. The third kappa shape index (κ3) is 3.15. The topological polar surface area (TPSA) is 12.0 Å². The summed E-state index contributed by atoms with van der Waals surface area (Å²) in [5, 5.41) is 2.98. The minimum atomic E-state index is -0.617. The predicted molar refractivity (Wildman–Crippen MR) is 51.8 cm³/mol. The van der Waals surface area contributed by atoms with Crippen molar-refractivity contribution in [1.82, 2.24) is 5.32 Å². The molecule has 1 aromatic rings. The monoisotopic (exact) mass is 195 g/mol. The molecule has 0 spiro atoms. The van der Waals surface area contributed by atoms with Crippen LogP contribution in [-0.4, -0.2) is 13.1 Å². The Labute approximate surface area is 82.1 Å². The number of hydrogen-bond donors (Lipinski definition) is 1. The highest BCUT2D eigenvalue weighted by Gasteiger charge is 1.99. The molecule has 0 saturated carbocycles. The van der Waals surface area contributed by atoms with Gasteiger partial charge in [-0.1, -0.05) is 18.8 Å². The Hall–Kier alpha value is -1.40. The lowest BCUT2D eigenvalue weighted by Crippen LogP contribution is -2.11. The van der Waals surface area contributed by atoms with Gasteiger partial charge in [0.2, 0.25) is 0 Å². The molecule has 0 fully saturated rings. The number of benzene rings is 1. The van der Waals surface area contributed by atoms with Crippen molar-refractivity contribution >= 4 is 0 Å². The van der Waals surface area contributed by atoms with E-state index in [0.717, 1.165) is 12.6 Å². The molecule has 1 rings (SSSR count). The smallest absolute Gasteiger partial charge is 0.141 e. The molecule has 74 valence electrons. The first-order valence-electron chi connectivity index (χ1n) is 4.38. The van der Waals surface area contributed by atoms with Crippen LogP contribution < -0.4 is 5.32 Å². The Balaban J connectivity index is 2.70. The van der Waals surface area contributed by atoms with Crippen LogP contribution in [-0.2, 0) is 0 Å². The molecule has 0 radical (unpaired) electrons. The zero-order valence-corrected chi connectivity index (χ0v) is 7.90. The van der Waals surface area contributed by atoms with Crippen LogP contribution >= 0.6 is 0 Å². The molecule has 1 N–H and O–H groups in total. The lowest BCUT2D eigenvalue weighted by atomic mass is 10.2. The van der Waals surface area contributed by atoms with Crippen molar-refractivity contribution in [3.63, 3.8) is 0 Å². The fourth-order valence-electron chi connectivity index (χ4n) is 0.918. The van der Waals surface area contributed by atoms with E-state index in [2.05, 4.69) is 17.2 Å². The first-order chi connectivity index (χ1) is 6.74. The molecule has 0 saturated heterocycles. The Morgan fingerprint density at radius 1 is 1.36 bits per heavy atom. The van der Waals surface area contributed by atoms with Crippen LogP contribution in [0.15, 0.2) is 18.2 Å². The molecule has 0 bridgehead atoms. The lowest BCUT2D eigenvalue weighted by Gasteiger charge is -1.94. The summed E-state index contributed by atoms with van der Waals surface area (Å²) in [6.45, 7) is 3.29. The van der Waals surface area contributed by atoms with Crippen LogP contribution in [0, 0.1) is 23.5 Å². The van der Waals surface area contributed by atoms with E-state index in [1.807, 2.05) is 6.92 Å². The van der Waals surface area contributed by atoms with E-state index < -0.39 is 11.6 Å². The van der Waals surface area contributed by atoms with Gasteiger partial charge >= 0.3 is 0 Å². The number of nitrogens with one attached hydrogen (secondary N) is 1. The van der Waals surface area contributed by atoms with Crippen molar-refractivity contribution < 1.29 is 8.78 Å². The maximum Gasteiger partial charge on any atom is 0.141 e. The molecule has 0 aliphatic heterocycles. The minimum absolute atomic E-state index is 0.226. The average Bonchev–Trinajstić information content (AvgIpc) is 2.15. The molecule has 1 aromatic carbocycles. The molecule has 0 aliphatic carbocycles. The molecule has 0 heterocycles. The summed E-state index contributed by atoms with van der Waals surface area (Å²) in [6.07, 6.45) is 0. The summed E-state index contributed by atoms with van der Waals surface area (Å²) < 4.78 is 25.5. The van der Waals surface area contributed by atoms with Crippen molar-refractivity contribution in [2.45, 2.75) is 6.92 Å². The van der Waals surface area contributed by atoms with Crippen LogP contribution in [0.25, 0.3) is 0 Å². The van der Waals surface area contributed by atoms with Crippen molar-refractivity contribution in [3.8, 4) is 11.8 Å². The molecule has 0 atom stereocenters. The minimum Gasteiger partial charge on any atom is -0.306 e. The SMILES string of the molecule is CCNCC#Cc1ccc(F)cc1F. The van der Waals surface area contributed by atoms with Crippen LogP contribution in [0.2, 0.25) is 0 Å². The van der Waals surface area contributed by atoms with E-state index >= 15 is 0 Å². The van der Waals surface area contributed by atoms with Crippen LogP contribution in [0.5, 0.6) is 0 Å². The van der Waals surface area contributed by atoms with E-state index in [1.165, 1.54) is 12.1 Å². The Kier molecular flexibility index (Phi) is 4.09. The molecule has 0 aliphatic rings. The molecular formula is C11H11F2N. The molecule has 3 heteroatoms. The normalized spacial score (nSPS) is 9.36. The van der Waals surface area contributed by atoms with E-state index in [4.69, 9.17) is 0 Å². The van der Waals surface area contributed by atoms with E-state index in [9.17, 15) is 8.78 Å². The maximum absolute atomic E-state index is 13.0. The summed E-state index contributed by atoms with van der Waals surface area (Å²) in [7, 11) is 0. The van der Waals surface area contributed by atoms with Gasteiger partial charge in [-0.2, -0.15) is 0 Å². The number of hydrogen-bond acceptors (Lipinski definition) is 1. The van der Waals surface area contributed by atoms with Gasteiger partial charge in [-0.15, -0.1) is 0 Å². The van der Waals surface area contributed by atoms with Gasteiger partial charge in [-0.25, -0.2) is 8.78 Å². The average molecular weight is 195 g/mol. The Bertz CT molecular complexity index is 363. The fourth-order valence-corrected chi connectivity index (χ4v) is 0.918. The van der Waals surface area contributed by atoms with Crippen LogP contribution in [0.3, 0.4) is 0 Å². The Morgan fingerprint density at radius 3 is 2.79 bits per heavy atom. The van der Waals surface area contributed by atoms with Gasteiger partial charge in [0.15, 0.2) is 0 Å². The van der Waals surface area contributed by atoms with E-state index in [-0.39, 0.29) is 5.56 Å². The summed E-state index contributed by atoms with van der Waals surface area (Å²) in [5.41, 5.74) is 0.226. The molecule has 1 nitrogen and oxygen atoms in total. The van der Waals surface area contributed by atoms with Crippen molar-refractivity contribution in [2.24, 2.45) is 0 Å². The molecule has 0 unspecified atom stereocenters. The lowest BCUT2D eigenvalue weighted by molar-refractivity contribution is 0.581. The maximum atomic E-state index is 13.0. The van der Waals surface area contributed by atoms with Gasteiger partial charge in [0, 0.05) is 6.07 Å². The summed E-state index contributed by atoms with van der Waals surface area (Å²) in [4.78, 5) is 0. The van der Waals surface area contributed by atoms with Gasteiger partial charge in [0.05, 0.1) is 12.1 Å². The number of halogens is 2. The first kappa shape index (κ1) is 10.7. The zero-order chi connectivity index (χ0) is 10.4. The Morgan fingerprint density at radius 2 is 2.14 bits per heavy atom. The van der Waals surface area contributed by atoms with Gasteiger partial charge in [0.1, 0.15) is 11.6 Å². The van der Waals surface area contributed by atoms with Gasteiger partial charge in [-0.3, -0.25) is 0 Å². The molecular weight excluding hydrogens is 184 g/mol. The van der Waals surface area contributed by atoms with Gasteiger partial charge in [-0.05, 0) is 18.7 Å². The summed E-state index contributed by atoms with van der Waals surface area (Å²) in [6, 6.07) is 3.36. The van der Waals surface area contributed by atoms with Gasteiger partial charge in [0.25, 0.3) is 0 Å². The second kappa shape index (κ2) is 5.36. The van der Waals surface area contributed by atoms with E-state index in [0.29, 0.717) is 6.54 Å². The van der Waals surface area contributed by atoms with Crippen molar-refractivity contribution in [2.75, 3.05) is 13.1 Å².